The minimum Gasteiger partial charge on any atom is -0.481 e. The summed E-state index contributed by atoms with van der Waals surface area (Å²) in [4.78, 5) is 20.4. The van der Waals surface area contributed by atoms with Crippen LogP contribution in [0.15, 0.2) is 24.7 Å². The molecule has 1 N–H and O–H groups in total. The van der Waals surface area contributed by atoms with Gasteiger partial charge in [0.2, 0.25) is 5.88 Å². The maximum atomic E-state index is 12.2. The summed E-state index contributed by atoms with van der Waals surface area (Å²) in [6.07, 6.45) is 4.00. The van der Waals surface area contributed by atoms with Crippen LogP contribution in [0.4, 0.5) is 0 Å². The summed E-state index contributed by atoms with van der Waals surface area (Å²) >= 11 is 0. The maximum Gasteiger partial charge on any atom is 0.252 e. The lowest BCUT2D eigenvalue weighted by Gasteiger charge is -2.14. The van der Waals surface area contributed by atoms with Crippen LogP contribution in [0, 0.1) is 0 Å². The molecule has 0 bridgehead atoms. The zero-order valence-electron chi connectivity index (χ0n) is 12.4. The molecule has 1 amide bonds. The van der Waals surface area contributed by atoms with E-state index < -0.39 is 0 Å². The fourth-order valence-electron chi connectivity index (χ4n) is 2.00. The van der Waals surface area contributed by atoms with Crippen LogP contribution in [-0.2, 0) is 6.54 Å². The molecule has 0 spiro atoms. The quantitative estimate of drug-likeness (QED) is 0.873. The highest BCUT2D eigenvalue weighted by molar-refractivity contribution is 5.94. The molecule has 0 aliphatic heterocycles. The Labute approximate surface area is 123 Å². The van der Waals surface area contributed by atoms with Crippen LogP contribution in [0.3, 0.4) is 0 Å². The van der Waals surface area contributed by atoms with Crippen molar-refractivity contribution in [1.82, 2.24) is 25.1 Å². The first-order valence-corrected chi connectivity index (χ1v) is 6.84. The molecular formula is C14H19N5O2. The Balaban J connectivity index is 2.09. The molecule has 112 valence electrons. The second-order valence-electron chi connectivity index (χ2n) is 4.62. The lowest BCUT2D eigenvalue weighted by molar-refractivity contribution is 0.0937. The minimum absolute atomic E-state index is 0.200. The number of rotatable bonds is 6. The van der Waals surface area contributed by atoms with E-state index in [2.05, 4.69) is 27.3 Å². The zero-order chi connectivity index (χ0) is 15.2. The van der Waals surface area contributed by atoms with Gasteiger partial charge in [0.25, 0.3) is 5.91 Å². The fraction of sp³-hybridized carbons (Fsp3) is 0.429. The average Bonchev–Trinajstić information content (AvgIpc) is 2.96. The highest BCUT2D eigenvalue weighted by Gasteiger charge is 2.16. The predicted octanol–water partition coefficient (Wildman–Crippen LogP) is 1.58. The second kappa shape index (κ2) is 6.83. The number of nitrogens with zero attached hydrogens (tertiary/aromatic N) is 4. The summed E-state index contributed by atoms with van der Waals surface area (Å²) in [7, 11) is 1.51. The van der Waals surface area contributed by atoms with E-state index in [0.29, 0.717) is 11.4 Å². The van der Waals surface area contributed by atoms with Crippen molar-refractivity contribution >= 4 is 5.91 Å². The summed E-state index contributed by atoms with van der Waals surface area (Å²) in [5.74, 6) is 0.949. The zero-order valence-corrected chi connectivity index (χ0v) is 12.4. The molecule has 2 aromatic heterocycles. The van der Waals surface area contributed by atoms with Gasteiger partial charge in [-0.15, -0.1) is 0 Å². The first kappa shape index (κ1) is 15.0. The molecule has 0 aliphatic carbocycles. The Morgan fingerprint density at radius 2 is 2.29 bits per heavy atom. The van der Waals surface area contributed by atoms with Crippen LogP contribution in [0.1, 0.15) is 42.5 Å². The van der Waals surface area contributed by atoms with Gasteiger partial charge in [0.05, 0.1) is 13.2 Å². The van der Waals surface area contributed by atoms with Gasteiger partial charge < -0.3 is 10.1 Å². The molecule has 1 atom stereocenters. The molecule has 21 heavy (non-hydrogen) atoms. The normalized spacial score (nSPS) is 12.0. The summed E-state index contributed by atoms with van der Waals surface area (Å²) in [5.41, 5.74) is 0.496. The summed E-state index contributed by atoms with van der Waals surface area (Å²) in [6, 6.07) is 3.01. The average molecular weight is 289 g/mol. The van der Waals surface area contributed by atoms with Crippen molar-refractivity contribution < 1.29 is 9.53 Å². The van der Waals surface area contributed by atoms with E-state index in [1.807, 2.05) is 6.92 Å². The predicted molar refractivity (Wildman–Crippen MR) is 77.0 cm³/mol. The molecule has 0 unspecified atom stereocenters. The highest BCUT2D eigenvalue weighted by atomic mass is 16.5. The summed E-state index contributed by atoms with van der Waals surface area (Å²) < 4.78 is 6.82. The van der Waals surface area contributed by atoms with Crippen molar-refractivity contribution in [3.63, 3.8) is 0 Å². The van der Waals surface area contributed by atoms with E-state index in [-0.39, 0.29) is 11.9 Å². The van der Waals surface area contributed by atoms with Crippen LogP contribution in [0.25, 0.3) is 0 Å². The molecule has 2 rings (SSSR count). The Morgan fingerprint density at radius 1 is 1.48 bits per heavy atom. The van der Waals surface area contributed by atoms with Gasteiger partial charge in [0.15, 0.2) is 0 Å². The monoisotopic (exact) mass is 289 g/mol. The largest absolute Gasteiger partial charge is 0.481 e. The van der Waals surface area contributed by atoms with Gasteiger partial charge >= 0.3 is 0 Å². The van der Waals surface area contributed by atoms with Gasteiger partial charge in [-0.25, -0.2) is 14.6 Å². The SMILES string of the molecule is CCCn1ncnc1[C@H](C)NC(=O)c1ccnc(OC)c1. The molecule has 2 aromatic rings. The molecule has 0 fully saturated rings. The molecule has 2 heterocycles. The molecule has 0 aliphatic rings. The Morgan fingerprint density at radius 3 is 3.00 bits per heavy atom. The number of hydrogen-bond donors (Lipinski definition) is 1. The second-order valence-corrected chi connectivity index (χ2v) is 4.62. The number of aromatic nitrogens is 4. The molecule has 0 aromatic carbocycles. The van der Waals surface area contributed by atoms with Crippen LogP contribution in [0.5, 0.6) is 5.88 Å². The number of amides is 1. The number of carbonyl (C=O) groups excluding carboxylic acids is 1. The first-order chi connectivity index (χ1) is 10.2. The highest BCUT2D eigenvalue weighted by Crippen LogP contribution is 2.12. The van der Waals surface area contributed by atoms with Gasteiger partial charge in [-0.1, -0.05) is 6.92 Å². The van der Waals surface area contributed by atoms with Crippen LogP contribution in [0.2, 0.25) is 0 Å². The molecule has 0 radical (unpaired) electrons. The molecule has 7 nitrogen and oxygen atoms in total. The number of aryl methyl sites for hydroxylation is 1. The van der Waals surface area contributed by atoms with Crippen molar-refractivity contribution in [2.45, 2.75) is 32.9 Å². The lowest BCUT2D eigenvalue weighted by atomic mass is 10.2. The number of carbonyl (C=O) groups is 1. The molecule has 0 saturated carbocycles. The van der Waals surface area contributed by atoms with E-state index in [4.69, 9.17) is 4.74 Å². The minimum atomic E-state index is -0.231. The van der Waals surface area contributed by atoms with Crippen molar-refractivity contribution in [2.24, 2.45) is 0 Å². The van der Waals surface area contributed by atoms with Crippen LogP contribution in [-0.4, -0.2) is 32.8 Å². The van der Waals surface area contributed by atoms with E-state index in [0.717, 1.165) is 18.8 Å². The van der Waals surface area contributed by atoms with E-state index >= 15 is 0 Å². The molecule has 7 heteroatoms. The third-order valence-electron chi connectivity index (χ3n) is 3.02. The maximum absolute atomic E-state index is 12.2. The number of nitrogens with one attached hydrogen (secondary N) is 1. The van der Waals surface area contributed by atoms with Gasteiger partial charge in [0.1, 0.15) is 12.2 Å². The lowest BCUT2D eigenvalue weighted by Crippen LogP contribution is -2.29. The van der Waals surface area contributed by atoms with Crippen molar-refractivity contribution in [3.05, 3.63) is 36.0 Å². The summed E-state index contributed by atoms with van der Waals surface area (Å²) in [5, 5.41) is 7.06. The van der Waals surface area contributed by atoms with Gasteiger partial charge in [-0.05, 0) is 19.4 Å². The van der Waals surface area contributed by atoms with Crippen LogP contribution >= 0.6 is 0 Å². The Hall–Kier alpha value is -2.44. The standard InChI is InChI=1S/C14H19N5O2/c1-4-7-19-13(16-9-17-19)10(2)18-14(20)11-5-6-15-12(8-11)21-3/h5-6,8-10H,4,7H2,1-3H3,(H,18,20)/t10-/m0/s1. The number of pyridine rings is 1. The molecule has 0 saturated heterocycles. The van der Waals surface area contributed by atoms with E-state index in [1.54, 1.807) is 16.8 Å². The van der Waals surface area contributed by atoms with Gasteiger partial charge in [-0.3, -0.25) is 4.79 Å². The van der Waals surface area contributed by atoms with E-state index in [9.17, 15) is 4.79 Å². The first-order valence-electron chi connectivity index (χ1n) is 6.84. The van der Waals surface area contributed by atoms with Crippen molar-refractivity contribution in [3.8, 4) is 5.88 Å². The number of ether oxygens (including phenoxy) is 1. The smallest absolute Gasteiger partial charge is 0.252 e. The van der Waals surface area contributed by atoms with E-state index in [1.165, 1.54) is 19.6 Å². The van der Waals surface area contributed by atoms with Gasteiger partial charge in [0, 0.05) is 24.4 Å². The topological polar surface area (TPSA) is 81.9 Å². The van der Waals surface area contributed by atoms with Gasteiger partial charge in [-0.2, -0.15) is 5.10 Å². The van der Waals surface area contributed by atoms with Crippen LogP contribution < -0.4 is 10.1 Å². The summed E-state index contributed by atoms with van der Waals surface area (Å²) in [6.45, 7) is 4.73. The third-order valence-corrected chi connectivity index (χ3v) is 3.02. The Bertz CT molecular complexity index is 611. The number of methoxy groups -OCH3 is 1. The molecular weight excluding hydrogens is 270 g/mol. The third kappa shape index (κ3) is 3.56. The number of hydrogen-bond acceptors (Lipinski definition) is 5. The van der Waals surface area contributed by atoms with Crippen molar-refractivity contribution in [2.75, 3.05) is 7.11 Å². The van der Waals surface area contributed by atoms with Crippen molar-refractivity contribution in [1.29, 1.82) is 0 Å². The fourth-order valence-corrected chi connectivity index (χ4v) is 2.00. The Kier molecular flexibility index (Phi) is 4.86.